The number of benzene rings is 2. The number of nitrogens with zero attached hydrogens (tertiary/aromatic N) is 2. The van der Waals surface area contributed by atoms with Gasteiger partial charge in [0.2, 0.25) is 0 Å². The van der Waals surface area contributed by atoms with Crippen LogP contribution in [0.2, 0.25) is 0 Å². The highest BCUT2D eigenvalue weighted by Crippen LogP contribution is 2.36. The monoisotopic (exact) mass is 459 g/mol. The zero-order chi connectivity index (χ0) is 24.1. The van der Waals surface area contributed by atoms with Gasteiger partial charge in [0, 0.05) is 17.3 Å². The lowest BCUT2D eigenvalue weighted by Crippen LogP contribution is -2.11. The lowest BCUT2D eigenvalue weighted by Gasteiger charge is -2.18. The SMILES string of the molecule is CCCC(CC)n1cnc(-c2ccc(F)cc2)c1-c1ccc(C(=O)Nc2ccc(CC)cc2)o1. The van der Waals surface area contributed by atoms with E-state index in [0.29, 0.717) is 17.1 Å². The molecule has 0 aliphatic rings. The molecule has 0 saturated heterocycles. The van der Waals surface area contributed by atoms with Crippen LogP contribution in [0, 0.1) is 5.82 Å². The zero-order valence-electron chi connectivity index (χ0n) is 19.8. The Kier molecular flexibility index (Phi) is 7.26. The van der Waals surface area contributed by atoms with Crippen molar-refractivity contribution in [2.75, 3.05) is 5.32 Å². The summed E-state index contributed by atoms with van der Waals surface area (Å²) >= 11 is 0. The van der Waals surface area contributed by atoms with Gasteiger partial charge < -0.3 is 14.3 Å². The first-order valence-electron chi connectivity index (χ1n) is 11.9. The maximum absolute atomic E-state index is 13.5. The minimum atomic E-state index is -0.314. The van der Waals surface area contributed by atoms with Gasteiger partial charge >= 0.3 is 0 Å². The van der Waals surface area contributed by atoms with E-state index in [9.17, 15) is 9.18 Å². The molecule has 1 N–H and O–H groups in total. The summed E-state index contributed by atoms with van der Waals surface area (Å²) < 4.78 is 21.7. The van der Waals surface area contributed by atoms with Gasteiger partial charge in [0.05, 0.1) is 12.0 Å². The standard InChI is InChI=1S/C28H30FN3O2/c1-4-7-23(6-3)32-18-30-26(20-10-12-21(29)13-11-20)27(32)24-16-17-25(34-24)28(33)31-22-14-8-19(5-2)9-15-22/h8-18,23H,4-7H2,1-3H3,(H,31,33). The minimum Gasteiger partial charge on any atom is -0.449 e. The molecule has 6 heteroatoms. The Hall–Kier alpha value is -3.67. The van der Waals surface area contributed by atoms with E-state index in [1.165, 1.54) is 17.7 Å². The van der Waals surface area contributed by atoms with E-state index < -0.39 is 0 Å². The Labute approximate surface area is 199 Å². The molecule has 0 fully saturated rings. The van der Waals surface area contributed by atoms with Crippen molar-refractivity contribution in [2.24, 2.45) is 0 Å². The fourth-order valence-electron chi connectivity index (χ4n) is 4.18. The van der Waals surface area contributed by atoms with Gasteiger partial charge in [0.15, 0.2) is 11.5 Å². The molecule has 4 aromatic rings. The summed E-state index contributed by atoms with van der Waals surface area (Å²) in [6.45, 7) is 6.39. The molecule has 5 nitrogen and oxygen atoms in total. The Morgan fingerprint density at radius 2 is 1.76 bits per heavy atom. The van der Waals surface area contributed by atoms with Crippen molar-refractivity contribution in [3.63, 3.8) is 0 Å². The first kappa shape index (κ1) is 23.5. The second-order valence-corrected chi connectivity index (χ2v) is 8.38. The first-order chi connectivity index (χ1) is 16.5. The average molecular weight is 460 g/mol. The predicted molar refractivity (Wildman–Crippen MR) is 133 cm³/mol. The molecule has 1 amide bonds. The van der Waals surface area contributed by atoms with Crippen molar-refractivity contribution >= 4 is 11.6 Å². The molecule has 2 aromatic carbocycles. The van der Waals surface area contributed by atoms with E-state index in [0.717, 1.165) is 36.9 Å². The highest BCUT2D eigenvalue weighted by atomic mass is 19.1. The second-order valence-electron chi connectivity index (χ2n) is 8.38. The predicted octanol–water partition coefficient (Wildman–Crippen LogP) is 7.52. The Morgan fingerprint density at radius 3 is 2.41 bits per heavy atom. The number of imidazole rings is 1. The van der Waals surface area contributed by atoms with Gasteiger partial charge in [-0.3, -0.25) is 4.79 Å². The molecule has 0 bridgehead atoms. The molecule has 2 aromatic heterocycles. The molecular weight excluding hydrogens is 429 g/mol. The number of rotatable bonds is 9. The molecular formula is C28H30FN3O2. The van der Waals surface area contributed by atoms with Crippen LogP contribution >= 0.6 is 0 Å². The molecule has 0 radical (unpaired) electrons. The molecule has 1 unspecified atom stereocenters. The maximum Gasteiger partial charge on any atom is 0.291 e. The summed E-state index contributed by atoms with van der Waals surface area (Å²) in [6, 6.07) is 17.7. The number of aromatic nitrogens is 2. The number of carbonyl (C=O) groups excluding carboxylic acids is 1. The molecule has 0 aliphatic heterocycles. The summed E-state index contributed by atoms with van der Waals surface area (Å²) in [5.74, 6) is 0.158. The number of furan rings is 1. The lowest BCUT2D eigenvalue weighted by molar-refractivity contribution is 0.0997. The molecule has 34 heavy (non-hydrogen) atoms. The summed E-state index contributed by atoms with van der Waals surface area (Å²) in [4.78, 5) is 17.5. The summed E-state index contributed by atoms with van der Waals surface area (Å²) in [6.07, 6.45) is 5.71. The van der Waals surface area contributed by atoms with Crippen molar-refractivity contribution in [3.05, 3.63) is 84.1 Å². The first-order valence-corrected chi connectivity index (χ1v) is 11.9. The quantitative estimate of drug-likeness (QED) is 0.282. The van der Waals surface area contributed by atoms with Crippen molar-refractivity contribution < 1.29 is 13.6 Å². The molecule has 4 rings (SSSR count). The lowest BCUT2D eigenvalue weighted by atomic mass is 10.1. The van der Waals surface area contributed by atoms with Crippen molar-refractivity contribution in [1.82, 2.24) is 9.55 Å². The molecule has 1 atom stereocenters. The number of nitrogens with one attached hydrogen (secondary N) is 1. The number of hydrogen-bond donors (Lipinski definition) is 1. The van der Waals surface area contributed by atoms with Crippen molar-refractivity contribution in [3.8, 4) is 22.7 Å². The fourth-order valence-corrected chi connectivity index (χ4v) is 4.18. The van der Waals surface area contributed by atoms with Gasteiger partial charge in [0.1, 0.15) is 11.5 Å². The number of halogens is 1. The van der Waals surface area contributed by atoms with Gasteiger partial charge in [-0.2, -0.15) is 0 Å². The van der Waals surface area contributed by atoms with E-state index in [1.807, 2.05) is 30.6 Å². The van der Waals surface area contributed by atoms with Gasteiger partial charge in [-0.25, -0.2) is 9.37 Å². The maximum atomic E-state index is 13.5. The van der Waals surface area contributed by atoms with Gasteiger partial charge in [0.25, 0.3) is 5.91 Å². The number of amides is 1. The van der Waals surface area contributed by atoms with Crippen LogP contribution in [0.25, 0.3) is 22.7 Å². The van der Waals surface area contributed by atoms with E-state index in [2.05, 4.69) is 35.6 Å². The van der Waals surface area contributed by atoms with E-state index in [4.69, 9.17) is 4.42 Å². The Morgan fingerprint density at radius 1 is 1.03 bits per heavy atom. The third-order valence-corrected chi connectivity index (χ3v) is 6.08. The number of carbonyl (C=O) groups is 1. The van der Waals surface area contributed by atoms with Crippen LogP contribution < -0.4 is 5.32 Å². The number of aryl methyl sites for hydroxylation is 1. The number of anilines is 1. The van der Waals surface area contributed by atoms with E-state index in [1.54, 1.807) is 24.3 Å². The highest BCUT2D eigenvalue weighted by molar-refractivity contribution is 6.02. The molecule has 2 heterocycles. The van der Waals surface area contributed by atoms with Crippen LogP contribution in [0.1, 0.15) is 62.2 Å². The Balaban J connectivity index is 1.69. The highest BCUT2D eigenvalue weighted by Gasteiger charge is 2.23. The number of hydrogen-bond acceptors (Lipinski definition) is 3. The van der Waals surface area contributed by atoms with Crippen LogP contribution in [0.4, 0.5) is 10.1 Å². The van der Waals surface area contributed by atoms with E-state index in [-0.39, 0.29) is 23.5 Å². The molecule has 176 valence electrons. The molecule has 0 aliphatic carbocycles. The molecule has 0 spiro atoms. The van der Waals surface area contributed by atoms with Crippen LogP contribution in [0.5, 0.6) is 0 Å². The molecule has 0 saturated carbocycles. The van der Waals surface area contributed by atoms with Crippen LogP contribution in [0.15, 0.2) is 71.4 Å². The summed E-state index contributed by atoms with van der Waals surface area (Å²) in [5, 5.41) is 2.89. The van der Waals surface area contributed by atoms with Crippen molar-refractivity contribution in [1.29, 1.82) is 0 Å². The topological polar surface area (TPSA) is 60.1 Å². The van der Waals surface area contributed by atoms with Crippen LogP contribution in [-0.4, -0.2) is 15.5 Å². The average Bonchev–Trinajstić information content (AvgIpc) is 3.51. The second kappa shape index (κ2) is 10.5. The largest absolute Gasteiger partial charge is 0.449 e. The fraction of sp³-hybridized carbons (Fsp3) is 0.286. The van der Waals surface area contributed by atoms with Gasteiger partial charge in [-0.1, -0.05) is 39.3 Å². The zero-order valence-corrected chi connectivity index (χ0v) is 19.8. The van der Waals surface area contributed by atoms with Gasteiger partial charge in [-0.05, 0) is 73.4 Å². The third-order valence-electron chi connectivity index (χ3n) is 6.08. The minimum absolute atomic E-state index is 0.218. The van der Waals surface area contributed by atoms with Crippen molar-refractivity contribution in [2.45, 2.75) is 52.5 Å². The summed E-state index contributed by atoms with van der Waals surface area (Å²) in [7, 11) is 0. The third kappa shape index (κ3) is 4.96. The smallest absolute Gasteiger partial charge is 0.291 e. The summed E-state index contributed by atoms with van der Waals surface area (Å²) in [5.41, 5.74) is 4.20. The van der Waals surface area contributed by atoms with Crippen LogP contribution in [0.3, 0.4) is 0 Å². The Bertz CT molecular complexity index is 1240. The van der Waals surface area contributed by atoms with Gasteiger partial charge in [-0.15, -0.1) is 0 Å². The normalized spacial score (nSPS) is 12.0. The van der Waals surface area contributed by atoms with E-state index >= 15 is 0 Å². The van der Waals surface area contributed by atoms with Crippen LogP contribution in [-0.2, 0) is 6.42 Å².